The van der Waals surface area contributed by atoms with Crippen molar-refractivity contribution >= 4 is 11.3 Å². The second kappa shape index (κ2) is 8.05. The van der Waals surface area contributed by atoms with Gasteiger partial charge in [0, 0.05) is 17.3 Å². The lowest BCUT2D eigenvalue weighted by molar-refractivity contribution is 0.353. The van der Waals surface area contributed by atoms with Gasteiger partial charge >= 0.3 is 0 Å². The van der Waals surface area contributed by atoms with Crippen LogP contribution in [0.25, 0.3) is 0 Å². The molecule has 0 amide bonds. The van der Waals surface area contributed by atoms with Gasteiger partial charge in [-0.2, -0.15) is 0 Å². The number of methoxy groups -OCH3 is 2. The maximum absolute atomic E-state index is 5.42. The van der Waals surface area contributed by atoms with Crippen LogP contribution in [0.5, 0.6) is 11.5 Å². The summed E-state index contributed by atoms with van der Waals surface area (Å²) in [5.41, 5.74) is 1.23. The highest BCUT2D eigenvalue weighted by Crippen LogP contribution is 2.31. The van der Waals surface area contributed by atoms with Gasteiger partial charge in [-0.05, 0) is 42.1 Å². The zero-order chi connectivity index (χ0) is 15.1. The molecule has 0 saturated carbocycles. The van der Waals surface area contributed by atoms with Crippen LogP contribution in [0, 0.1) is 0 Å². The second-order valence-electron chi connectivity index (χ2n) is 4.90. The van der Waals surface area contributed by atoms with Crippen LogP contribution in [0.1, 0.15) is 29.8 Å². The van der Waals surface area contributed by atoms with Gasteiger partial charge in [0.25, 0.3) is 0 Å². The number of ether oxygens (including phenoxy) is 2. The molecule has 0 aliphatic heterocycles. The van der Waals surface area contributed by atoms with E-state index in [0.717, 1.165) is 30.9 Å². The van der Waals surface area contributed by atoms with Crippen molar-refractivity contribution in [1.29, 1.82) is 0 Å². The molecule has 1 aromatic carbocycles. The van der Waals surface area contributed by atoms with Crippen LogP contribution < -0.4 is 14.8 Å². The minimum absolute atomic E-state index is 0.295. The van der Waals surface area contributed by atoms with Crippen molar-refractivity contribution in [3.05, 3.63) is 46.2 Å². The first-order valence-electron chi connectivity index (χ1n) is 7.26. The average Bonchev–Trinajstić information content (AvgIpc) is 3.03. The van der Waals surface area contributed by atoms with Crippen LogP contribution in [0.15, 0.2) is 35.7 Å². The lowest BCUT2D eigenvalue weighted by atomic mass is 10.0. The summed E-state index contributed by atoms with van der Waals surface area (Å²) in [6.45, 7) is 3.19. The molecule has 21 heavy (non-hydrogen) atoms. The molecule has 114 valence electrons. The lowest BCUT2D eigenvalue weighted by Gasteiger charge is -2.20. The molecule has 0 saturated heterocycles. The Bertz CT molecular complexity index is 540. The Morgan fingerprint density at radius 3 is 2.57 bits per heavy atom. The van der Waals surface area contributed by atoms with E-state index in [1.807, 2.05) is 6.07 Å². The summed E-state index contributed by atoms with van der Waals surface area (Å²) in [5.74, 6) is 1.55. The molecule has 0 fully saturated rings. The first kappa shape index (κ1) is 15.9. The van der Waals surface area contributed by atoms with Crippen molar-refractivity contribution in [3.63, 3.8) is 0 Å². The maximum Gasteiger partial charge on any atom is 0.161 e. The van der Waals surface area contributed by atoms with E-state index >= 15 is 0 Å². The van der Waals surface area contributed by atoms with E-state index in [1.54, 1.807) is 25.6 Å². The smallest absolute Gasteiger partial charge is 0.161 e. The molecule has 0 radical (unpaired) electrons. The Morgan fingerprint density at radius 2 is 1.95 bits per heavy atom. The fraction of sp³-hybridized carbons (Fsp3) is 0.412. The number of thiophene rings is 1. The van der Waals surface area contributed by atoms with Gasteiger partial charge in [-0.1, -0.05) is 19.1 Å². The monoisotopic (exact) mass is 305 g/mol. The Hall–Kier alpha value is -1.52. The number of nitrogens with one attached hydrogen (secondary N) is 1. The number of benzene rings is 1. The summed E-state index contributed by atoms with van der Waals surface area (Å²) < 4.78 is 10.7. The van der Waals surface area contributed by atoms with Gasteiger partial charge < -0.3 is 14.8 Å². The molecule has 1 N–H and O–H groups in total. The Morgan fingerprint density at radius 1 is 1.14 bits per heavy atom. The van der Waals surface area contributed by atoms with Crippen molar-refractivity contribution in [3.8, 4) is 11.5 Å². The molecule has 0 aliphatic rings. The quantitative estimate of drug-likeness (QED) is 0.798. The maximum atomic E-state index is 5.42. The largest absolute Gasteiger partial charge is 0.493 e. The molecule has 3 nitrogen and oxygen atoms in total. The highest BCUT2D eigenvalue weighted by molar-refractivity contribution is 7.09. The van der Waals surface area contributed by atoms with Crippen molar-refractivity contribution < 1.29 is 9.47 Å². The van der Waals surface area contributed by atoms with Gasteiger partial charge in [0.2, 0.25) is 0 Å². The molecule has 1 atom stereocenters. The number of hydrogen-bond acceptors (Lipinski definition) is 4. The average molecular weight is 305 g/mol. The fourth-order valence-electron chi connectivity index (χ4n) is 2.33. The fourth-order valence-corrected chi connectivity index (χ4v) is 3.08. The van der Waals surface area contributed by atoms with Gasteiger partial charge in [0.1, 0.15) is 0 Å². The summed E-state index contributed by atoms with van der Waals surface area (Å²) in [6.07, 6.45) is 2.11. The van der Waals surface area contributed by atoms with E-state index in [2.05, 4.69) is 41.9 Å². The summed E-state index contributed by atoms with van der Waals surface area (Å²) >= 11 is 1.80. The van der Waals surface area contributed by atoms with Gasteiger partial charge in [-0.3, -0.25) is 0 Å². The minimum Gasteiger partial charge on any atom is -0.493 e. The third kappa shape index (κ3) is 4.22. The van der Waals surface area contributed by atoms with E-state index < -0.39 is 0 Å². The van der Waals surface area contributed by atoms with Gasteiger partial charge in [-0.15, -0.1) is 11.3 Å². The van der Waals surface area contributed by atoms with Crippen LogP contribution in [-0.4, -0.2) is 20.8 Å². The normalized spacial score (nSPS) is 12.1. The van der Waals surface area contributed by atoms with Crippen molar-refractivity contribution in [2.45, 2.75) is 25.8 Å². The lowest BCUT2D eigenvalue weighted by Crippen LogP contribution is -2.23. The molecule has 0 spiro atoms. The summed E-state index contributed by atoms with van der Waals surface area (Å²) in [4.78, 5) is 1.39. The molecule has 2 rings (SSSR count). The van der Waals surface area contributed by atoms with E-state index in [1.165, 1.54) is 10.4 Å². The Labute approximate surface area is 130 Å². The first-order chi connectivity index (χ1) is 10.3. The van der Waals surface area contributed by atoms with Crippen LogP contribution in [0.3, 0.4) is 0 Å². The van der Waals surface area contributed by atoms with E-state index in [4.69, 9.17) is 9.47 Å². The molecule has 0 bridgehead atoms. The number of rotatable bonds is 8. The SMILES string of the molecule is CCCNC(Cc1cccs1)c1ccc(OC)c(OC)c1. The van der Waals surface area contributed by atoms with Crippen LogP contribution in [0.4, 0.5) is 0 Å². The Balaban J connectivity index is 2.22. The van der Waals surface area contributed by atoms with Gasteiger partial charge in [-0.25, -0.2) is 0 Å². The number of hydrogen-bond donors (Lipinski definition) is 1. The molecule has 1 unspecified atom stereocenters. The Kier molecular flexibility index (Phi) is 6.08. The zero-order valence-electron chi connectivity index (χ0n) is 12.9. The van der Waals surface area contributed by atoms with Crippen molar-refractivity contribution in [1.82, 2.24) is 5.32 Å². The molecule has 4 heteroatoms. The summed E-state index contributed by atoms with van der Waals surface area (Å²) in [7, 11) is 3.34. The predicted octanol–water partition coefficient (Wildman–Crippen LogP) is 4.05. The summed E-state index contributed by atoms with van der Waals surface area (Å²) in [5, 5.41) is 5.75. The molecule has 1 aromatic heterocycles. The molecule has 2 aromatic rings. The summed E-state index contributed by atoms with van der Waals surface area (Å²) in [6, 6.07) is 10.7. The topological polar surface area (TPSA) is 30.5 Å². The van der Waals surface area contributed by atoms with Crippen LogP contribution in [0.2, 0.25) is 0 Å². The molecular weight excluding hydrogens is 282 g/mol. The van der Waals surface area contributed by atoms with Crippen LogP contribution in [-0.2, 0) is 6.42 Å². The molecule has 0 aliphatic carbocycles. The minimum atomic E-state index is 0.295. The second-order valence-corrected chi connectivity index (χ2v) is 5.94. The van der Waals surface area contributed by atoms with Crippen molar-refractivity contribution in [2.75, 3.05) is 20.8 Å². The predicted molar refractivity (Wildman–Crippen MR) is 88.6 cm³/mol. The third-order valence-corrected chi connectivity index (χ3v) is 4.33. The third-order valence-electron chi connectivity index (χ3n) is 3.44. The highest BCUT2D eigenvalue weighted by Gasteiger charge is 2.15. The van der Waals surface area contributed by atoms with E-state index in [9.17, 15) is 0 Å². The van der Waals surface area contributed by atoms with Crippen molar-refractivity contribution in [2.24, 2.45) is 0 Å². The molecular formula is C17H23NO2S. The van der Waals surface area contributed by atoms with Gasteiger partial charge in [0.05, 0.1) is 14.2 Å². The van der Waals surface area contributed by atoms with E-state index in [0.29, 0.717) is 6.04 Å². The highest BCUT2D eigenvalue weighted by atomic mass is 32.1. The van der Waals surface area contributed by atoms with E-state index in [-0.39, 0.29) is 0 Å². The van der Waals surface area contributed by atoms with Crippen LogP contribution >= 0.6 is 11.3 Å². The van der Waals surface area contributed by atoms with Gasteiger partial charge in [0.15, 0.2) is 11.5 Å². The standard InChI is InChI=1S/C17H23NO2S/c1-4-9-18-15(12-14-6-5-10-21-14)13-7-8-16(19-2)17(11-13)20-3/h5-8,10-11,15,18H,4,9,12H2,1-3H3. The molecule has 1 heterocycles. The zero-order valence-corrected chi connectivity index (χ0v) is 13.7. The first-order valence-corrected chi connectivity index (χ1v) is 8.14.